The van der Waals surface area contributed by atoms with Gasteiger partial charge in [-0.1, -0.05) is 24.3 Å². The summed E-state index contributed by atoms with van der Waals surface area (Å²) < 4.78 is 6.16. The van der Waals surface area contributed by atoms with E-state index in [-0.39, 0.29) is 5.91 Å². The number of nitrogens with zero attached hydrogens (tertiary/aromatic N) is 5. The minimum absolute atomic E-state index is 0.158. The fourth-order valence-corrected chi connectivity index (χ4v) is 5.28. The van der Waals surface area contributed by atoms with Gasteiger partial charge in [0.25, 0.3) is 0 Å². The van der Waals surface area contributed by atoms with Crippen LogP contribution in [0.25, 0.3) is 22.3 Å². The third-order valence-corrected chi connectivity index (χ3v) is 7.58. The number of hydrogen-bond acceptors (Lipinski definition) is 7. The predicted octanol–water partition coefficient (Wildman–Crippen LogP) is 4.76. The number of amides is 1. The number of hydrogen-bond donors (Lipinski definition) is 2. The number of aromatic amines is 1. The van der Waals surface area contributed by atoms with Crippen LogP contribution in [0.2, 0.25) is 0 Å². The lowest BCUT2D eigenvalue weighted by atomic mass is 10.1. The number of anilines is 2. The van der Waals surface area contributed by atoms with Crippen molar-refractivity contribution in [3.8, 4) is 22.9 Å². The molecule has 9 heteroatoms. The highest BCUT2D eigenvalue weighted by Gasteiger charge is 2.16. The Balaban J connectivity index is 1.13. The third-order valence-electron chi connectivity index (χ3n) is 7.58. The summed E-state index contributed by atoms with van der Waals surface area (Å²) in [7, 11) is 2.17. The van der Waals surface area contributed by atoms with Crippen LogP contribution in [0.1, 0.15) is 12.8 Å². The number of nitrogens with one attached hydrogen (secondary N) is 2. The Labute approximate surface area is 234 Å². The smallest absolute Gasteiger partial charge is 0.248 e. The van der Waals surface area contributed by atoms with Crippen molar-refractivity contribution in [3.05, 3.63) is 73.1 Å². The standard InChI is InChI=1S/C31H35N7O2/c1-36-16-18-38(19-17-36)25-11-9-23(10-12-25)28-21-27-30(35-28)32-22-33-31(27)40-26-7-4-6-24(20-26)34-29(39)8-5-15-37-13-2-3-14-37/h4-12,20-22H,2-3,13-19H2,1H3,(H,34,39)(H,32,33,35)/b8-5+. The Morgan fingerprint density at radius 1 is 1.00 bits per heavy atom. The second-order valence-corrected chi connectivity index (χ2v) is 10.5. The molecule has 2 N–H and O–H groups in total. The molecule has 2 aromatic heterocycles. The monoisotopic (exact) mass is 537 g/mol. The maximum atomic E-state index is 12.4. The molecule has 6 rings (SSSR count). The summed E-state index contributed by atoms with van der Waals surface area (Å²) in [6.07, 6.45) is 7.48. The number of carbonyl (C=O) groups is 1. The molecular weight excluding hydrogens is 502 g/mol. The van der Waals surface area contributed by atoms with Crippen LogP contribution in [0.3, 0.4) is 0 Å². The van der Waals surface area contributed by atoms with Gasteiger partial charge in [0.1, 0.15) is 17.7 Å². The Morgan fingerprint density at radius 2 is 1.80 bits per heavy atom. The van der Waals surface area contributed by atoms with Crippen LogP contribution in [0.5, 0.6) is 11.6 Å². The molecule has 0 bridgehead atoms. The van der Waals surface area contributed by atoms with Crippen molar-refractivity contribution in [3.63, 3.8) is 0 Å². The van der Waals surface area contributed by atoms with Gasteiger partial charge in [0.05, 0.1) is 5.39 Å². The maximum Gasteiger partial charge on any atom is 0.248 e. The predicted molar refractivity (Wildman–Crippen MR) is 159 cm³/mol. The highest BCUT2D eigenvalue weighted by molar-refractivity contribution is 5.99. The van der Waals surface area contributed by atoms with E-state index in [2.05, 4.69) is 66.3 Å². The molecule has 0 aliphatic carbocycles. The number of likely N-dealkylation sites (N-methyl/N-ethyl adjacent to an activating group) is 1. The minimum Gasteiger partial charge on any atom is -0.438 e. The van der Waals surface area contributed by atoms with E-state index >= 15 is 0 Å². The molecule has 0 saturated carbocycles. The van der Waals surface area contributed by atoms with Crippen LogP contribution in [0, 0.1) is 0 Å². The van der Waals surface area contributed by atoms with Crippen LogP contribution in [0.4, 0.5) is 11.4 Å². The number of aromatic nitrogens is 3. The van der Waals surface area contributed by atoms with Gasteiger partial charge in [-0.2, -0.15) is 0 Å². The molecule has 2 aromatic carbocycles. The third kappa shape index (κ3) is 6.16. The van der Waals surface area contributed by atoms with Gasteiger partial charge in [-0.05, 0) is 68.9 Å². The zero-order chi connectivity index (χ0) is 27.3. The summed E-state index contributed by atoms with van der Waals surface area (Å²) in [5.41, 5.74) is 4.63. The Bertz CT molecular complexity index is 1480. The lowest BCUT2D eigenvalue weighted by Crippen LogP contribution is -2.44. The Kier molecular flexibility index (Phi) is 7.74. The average molecular weight is 538 g/mol. The van der Waals surface area contributed by atoms with Gasteiger partial charge in [0.2, 0.25) is 11.8 Å². The molecule has 2 saturated heterocycles. The van der Waals surface area contributed by atoms with Gasteiger partial charge in [-0.3, -0.25) is 9.69 Å². The first-order valence-electron chi connectivity index (χ1n) is 14.0. The molecule has 0 unspecified atom stereocenters. The van der Waals surface area contributed by atoms with Crippen molar-refractivity contribution in [1.29, 1.82) is 0 Å². The van der Waals surface area contributed by atoms with Crippen LogP contribution >= 0.6 is 0 Å². The van der Waals surface area contributed by atoms with E-state index in [0.717, 1.165) is 62.5 Å². The van der Waals surface area contributed by atoms with E-state index < -0.39 is 0 Å². The number of carbonyl (C=O) groups excluding carboxylic acids is 1. The van der Waals surface area contributed by atoms with E-state index in [1.54, 1.807) is 12.1 Å². The highest BCUT2D eigenvalue weighted by Crippen LogP contribution is 2.32. The van der Waals surface area contributed by atoms with Crippen molar-refractivity contribution in [2.24, 2.45) is 0 Å². The number of H-pyrrole nitrogens is 1. The first-order valence-corrected chi connectivity index (χ1v) is 14.0. The molecule has 9 nitrogen and oxygen atoms in total. The van der Waals surface area contributed by atoms with Crippen LogP contribution in [-0.2, 0) is 4.79 Å². The molecule has 4 aromatic rings. The molecule has 4 heterocycles. The lowest BCUT2D eigenvalue weighted by molar-refractivity contribution is -0.111. The summed E-state index contributed by atoms with van der Waals surface area (Å²) >= 11 is 0. The summed E-state index contributed by atoms with van der Waals surface area (Å²) in [6, 6.07) is 18.0. The lowest BCUT2D eigenvalue weighted by Gasteiger charge is -2.34. The number of likely N-dealkylation sites (tertiary alicyclic amines) is 1. The molecule has 40 heavy (non-hydrogen) atoms. The molecule has 0 spiro atoms. The number of ether oxygens (including phenoxy) is 1. The maximum absolute atomic E-state index is 12.4. The fourth-order valence-electron chi connectivity index (χ4n) is 5.28. The average Bonchev–Trinajstić information content (AvgIpc) is 3.65. The molecule has 206 valence electrons. The molecular formula is C31H35N7O2. The zero-order valence-electron chi connectivity index (χ0n) is 22.8. The second-order valence-electron chi connectivity index (χ2n) is 10.5. The van der Waals surface area contributed by atoms with Gasteiger partial charge < -0.3 is 24.8 Å². The first-order chi connectivity index (χ1) is 19.6. The van der Waals surface area contributed by atoms with Crippen molar-refractivity contribution in [2.75, 3.05) is 63.1 Å². The molecule has 0 atom stereocenters. The topological polar surface area (TPSA) is 89.6 Å². The van der Waals surface area contributed by atoms with Crippen molar-refractivity contribution >= 4 is 28.3 Å². The molecule has 2 aliphatic heterocycles. The number of benzene rings is 2. The molecule has 1 amide bonds. The van der Waals surface area contributed by atoms with Crippen LogP contribution in [-0.4, -0.2) is 83.5 Å². The molecule has 2 fully saturated rings. The summed E-state index contributed by atoms with van der Waals surface area (Å²) in [4.78, 5) is 31.7. The normalized spacial score (nSPS) is 16.7. The Morgan fingerprint density at radius 3 is 2.60 bits per heavy atom. The number of piperazine rings is 1. The number of rotatable bonds is 8. The molecule has 0 radical (unpaired) electrons. The summed E-state index contributed by atoms with van der Waals surface area (Å²) in [6.45, 7) is 7.25. The minimum atomic E-state index is -0.158. The van der Waals surface area contributed by atoms with Crippen molar-refractivity contribution in [1.82, 2.24) is 24.8 Å². The van der Waals surface area contributed by atoms with Crippen LogP contribution < -0.4 is 15.0 Å². The van der Waals surface area contributed by atoms with E-state index in [9.17, 15) is 4.79 Å². The van der Waals surface area contributed by atoms with E-state index in [1.807, 2.05) is 30.3 Å². The van der Waals surface area contributed by atoms with Gasteiger partial charge in [0, 0.05) is 61.9 Å². The van der Waals surface area contributed by atoms with Gasteiger partial charge in [0.15, 0.2) is 0 Å². The zero-order valence-corrected chi connectivity index (χ0v) is 22.8. The second kappa shape index (κ2) is 11.9. The largest absolute Gasteiger partial charge is 0.438 e. The molecule has 2 aliphatic rings. The van der Waals surface area contributed by atoms with Crippen LogP contribution in [0.15, 0.2) is 73.1 Å². The van der Waals surface area contributed by atoms with Crippen molar-refractivity contribution in [2.45, 2.75) is 12.8 Å². The van der Waals surface area contributed by atoms with Crippen molar-refractivity contribution < 1.29 is 9.53 Å². The quantitative estimate of drug-likeness (QED) is 0.313. The summed E-state index contributed by atoms with van der Waals surface area (Å²) in [5.74, 6) is 0.878. The van der Waals surface area contributed by atoms with Gasteiger partial charge in [-0.25, -0.2) is 9.97 Å². The summed E-state index contributed by atoms with van der Waals surface area (Å²) in [5, 5.41) is 3.71. The van der Waals surface area contributed by atoms with Gasteiger partial charge in [-0.15, -0.1) is 0 Å². The highest BCUT2D eigenvalue weighted by atomic mass is 16.5. The number of fused-ring (bicyclic) bond motifs is 1. The fraction of sp³-hybridized carbons (Fsp3) is 0.323. The SMILES string of the molecule is CN1CCN(c2ccc(-c3cc4c(Oc5cccc(NC(=O)/C=C/CN6CCCC6)c5)ncnc4[nH]3)cc2)CC1. The van der Waals surface area contributed by atoms with E-state index in [4.69, 9.17) is 4.74 Å². The van der Waals surface area contributed by atoms with E-state index in [0.29, 0.717) is 23.0 Å². The Hall–Kier alpha value is -4.21. The first kappa shape index (κ1) is 26.0. The van der Waals surface area contributed by atoms with Gasteiger partial charge >= 0.3 is 0 Å². The van der Waals surface area contributed by atoms with E-state index in [1.165, 1.54) is 24.9 Å².